The molecule has 2 aromatic carbocycles. The van der Waals surface area contributed by atoms with E-state index in [4.69, 9.17) is 4.18 Å². The first-order chi connectivity index (χ1) is 13.9. The first-order valence-electron chi connectivity index (χ1n) is 8.86. The van der Waals surface area contributed by atoms with Crippen molar-refractivity contribution >= 4 is 43.5 Å². The van der Waals surface area contributed by atoms with E-state index < -0.39 is 10.1 Å². The Bertz CT molecular complexity index is 1260. The first-order valence-corrected chi connectivity index (χ1v) is 11.3. The highest BCUT2D eigenvalue weighted by Crippen LogP contribution is 2.31. The molecule has 9 heteroatoms. The van der Waals surface area contributed by atoms with Gasteiger partial charge in [0.05, 0.1) is 17.3 Å². The Hall–Kier alpha value is -2.78. The molecule has 0 N–H and O–H groups in total. The number of rotatable bonds is 5. The lowest BCUT2D eigenvalue weighted by molar-refractivity contribution is 0.486. The van der Waals surface area contributed by atoms with E-state index in [1.54, 1.807) is 43.0 Å². The Morgan fingerprint density at radius 3 is 2.72 bits per heavy atom. The fourth-order valence-electron chi connectivity index (χ4n) is 3.09. The van der Waals surface area contributed by atoms with Crippen LogP contribution in [0.1, 0.15) is 18.2 Å². The summed E-state index contributed by atoms with van der Waals surface area (Å²) in [4.78, 5) is 20.0. The molecule has 3 aromatic rings. The molecular weight excluding hydrogens is 410 g/mol. The summed E-state index contributed by atoms with van der Waals surface area (Å²) in [6.07, 6.45) is 0. The molecule has 7 nitrogen and oxygen atoms in total. The van der Waals surface area contributed by atoms with Crippen LogP contribution in [0.4, 0.5) is 5.69 Å². The van der Waals surface area contributed by atoms with Crippen LogP contribution in [0.15, 0.2) is 63.6 Å². The predicted molar refractivity (Wildman–Crippen MR) is 115 cm³/mol. The number of thioether (sulfide) groups is 1. The molecule has 4 rings (SSSR count). The quantitative estimate of drug-likeness (QED) is 0.436. The highest BCUT2D eigenvalue weighted by Gasteiger charge is 2.24. The van der Waals surface area contributed by atoms with Crippen molar-refractivity contribution in [2.24, 2.45) is 10.2 Å². The zero-order chi connectivity index (χ0) is 20.6. The van der Waals surface area contributed by atoms with Gasteiger partial charge in [-0.1, -0.05) is 18.2 Å². The molecule has 0 aliphatic carbocycles. The predicted octanol–water partition coefficient (Wildman–Crippen LogP) is 4.59. The van der Waals surface area contributed by atoms with Gasteiger partial charge in [0.2, 0.25) is 0 Å². The van der Waals surface area contributed by atoms with Crippen molar-refractivity contribution in [2.75, 3.05) is 5.75 Å². The number of aromatic nitrogens is 1. The zero-order valence-electron chi connectivity index (χ0n) is 15.7. The summed E-state index contributed by atoms with van der Waals surface area (Å²) in [5.74, 6) is 1.07. The van der Waals surface area contributed by atoms with E-state index in [1.165, 1.54) is 12.1 Å². The van der Waals surface area contributed by atoms with Crippen LogP contribution in [-0.4, -0.2) is 30.2 Å². The first kappa shape index (κ1) is 19.5. The molecule has 0 amide bonds. The van der Waals surface area contributed by atoms with Gasteiger partial charge in [0.15, 0.2) is 0 Å². The maximum absolute atomic E-state index is 12.7. The highest BCUT2D eigenvalue weighted by molar-refractivity contribution is 8.14. The molecule has 0 saturated heterocycles. The number of aliphatic imine (C=N–C) groups is 1. The molecule has 0 unspecified atom stereocenters. The van der Waals surface area contributed by atoms with Gasteiger partial charge in [-0.15, -0.1) is 16.7 Å². The van der Waals surface area contributed by atoms with Gasteiger partial charge in [0.25, 0.3) is 0 Å². The lowest BCUT2D eigenvalue weighted by Crippen LogP contribution is -2.11. The number of aryl methyl sites for hydroxylation is 1. The number of benzene rings is 2. The average Bonchev–Trinajstić information content (AvgIpc) is 3.13. The van der Waals surface area contributed by atoms with Crippen LogP contribution in [0.3, 0.4) is 0 Å². The van der Waals surface area contributed by atoms with Crippen LogP contribution in [0.2, 0.25) is 0 Å². The third kappa shape index (κ3) is 3.88. The van der Waals surface area contributed by atoms with Crippen LogP contribution in [0.5, 0.6) is 5.75 Å². The van der Waals surface area contributed by atoms with E-state index in [-0.39, 0.29) is 22.4 Å². The van der Waals surface area contributed by atoms with Crippen LogP contribution in [0, 0.1) is 11.8 Å². The normalized spacial score (nSPS) is 16.6. The molecule has 29 heavy (non-hydrogen) atoms. The summed E-state index contributed by atoms with van der Waals surface area (Å²) in [5.41, 5.74) is 1.72. The Morgan fingerprint density at radius 2 is 2.00 bits per heavy atom. The molecular formula is C20H17N3O4S2. The van der Waals surface area contributed by atoms with Crippen molar-refractivity contribution in [1.29, 1.82) is 0 Å². The minimum atomic E-state index is -4.22. The van der Waals surface area contributed by atoms with Gasteiger partial charge in [-0.25, -0.2) is 4.98 Å². The van der Waals surface area contributed by atoms with E-state index >= 15 is 0 Å². The van der Waals surface area contributed by atoms with E-state index in [0.29, 0.717) is 11.1 Å². The standard InChI is InChI=1S/C20H17N3O4S2/c1-12-4-3-5-17(23-24)19(12)29(25,26)27-15-7-9-16-14(10-15)6-8-18(22-16)20-21-13(2)11-28-20/h3-10,13H,11H2,1-2H3/t13-/m0/s1. The Morgan fingerprint density at radius 1 is 1.17 bits per heavy atom. The van der Waals surface area contributed by atoms with Gasteiger partial charge in [0.1, 0.15) is 21.4 Å². The Balaban J connectivity index is 1.67. The van der Waals surface area contributed by atoms with Crippen LogP contribution in [-0.2, 0) is 10.1 Å². The minimum Gasteiger partial charge on any atom is -0.379 e. The van der Waals surface area contributed by atoms with Gasteiger partial charge < -0.3 is 4.18 Å². The van der Waals surface area contributed by atoms with E-state index in [9.17, 15) is 13.3 Å². The number of hydrogen-bond acceptors (Lipinski definition) is 8. The van der Waals surface area contributed by atoms with Crippen molar-refractivity contribution < 1.29 is 12.6 Å². The second-order valence-corrected chi connectivity index (χ2v) is 9.19. The molecule has 1 aliphatic rings. The molecule has 1 atom stereocenters. The molecule has 0 fully saturated rings. The number of fused-ring (bicyclic) bond motifs is 1. The van der Waals surface area contributed by atoms with E-state index in [1.807, 2.05) is 12.1 Å². The van der Waals surface area contributed by atoms with Crippen molar-refractivity contribution in [3.63, 3.8) is 0 Å². The lowest BCUT2D eigenvalue weighted by atomic mass is 10.2. The Labute approximate surface area is 172 Å². The maximum atomic E-state index is 12.7. The van der Waals surface area contributed by atoms with E-state index in [0.717, 1.165) is 21.9 Å². The topological polar surface area (TPSA) is 98.0 Å². The summed E-state index contributed by atoms with van der Waals surface area (Å²) >= 11 is 1.67. The molecule has 148 valence electrons. The number of nitroso groups, excluding NO2 is 1. The summed E-state index contributed by atoms with van der Waals surface area (Å²) in [6, 6.07) is 13.3. The number of hydrogen-bond donors (Lipinski definition) is 0. The largest absolute Gasteiger partial charge is 0.379 e. The SMILES string of the molecule is Cc1cccc(N=O)c1S(=O)(=O)Oc1ccc2nc(C3=N[C@@H](C)CS3)ccc2c1. The van der Waals surface area contributed by atoms with Crippen molar-refractivity contribution in [2.45, 2.75) is 24.8 Å². The minimum absolute atomic E-state index is 0.133. The third-order valence-electron chi connectivity index (χ3n) is 4.42. The second kappa shape index (κ2) is 7.57. The fourth-order valence-corrected chi connectivity index (χ4v) is 5.35. The van der Waals surface area contributed by atoms with Gasteiger partial charge in [-0.3, -0.25) is 4.99 Å². The molecule has 1 aromatic heterocycles. The van der Waals surface area contributed by atoms with Crippen LogP contribution in [0.25, 0.3) is 10.9 Å². The van der Waals surface area contributed by atoms with Crippen molar-refractivity contribution in [3.8, 4) is 5.75 Å². The van der Waals surface area contributed by atoms with Gasteiger partial charge in [-0.2, -0.15) is 8.42 Å². The smallest absolute Gasteiger partial charge is 0.341 e. The maximum Gasteiger partial charge on any atom is 0.341 e. The second-order valence-electron chi connectivity index (χ2n) is 6.70. The van der Waals surface area contributed by atoms with Gasteiger partial charge in [-0.05, 0) is 54.9 Å². The van der Waals surface area contributed by atoms with Crippen LogP contribution >= 0.6 is 11.8 Å². The molecule has 0 bridgehead atoms. The van der Waals surface area contributed by atoms with Gasteiger partial charge >= 0.3 is 10.1 Å². The third-order valence-corrected chi connectivity index (χ3v) is 7.10. The van der Waals surface area contributed by atoms with E-state index in [2.05, 4.69) is 22.1 Å². The Kier molecular flexibility index (Phi) is 5.10. The van der Waals surface area contributed by atoms with Gasteiger partial charge in [0, 0.05) is 11.1 Å². The average molecular weight is 428 g/mol. The zero-order valence-corrected chi connectivity index (χ0v) is 17.3. The molecule has 0 saturated carbocycles. The van der Waals surface area contributed by atoms with Crippen LogP contribution < -0.4 is 4.18 Å². The molecule has 0 radical (unpaired) electrons. The van der Waals surface area contributed by atoms with Crippen molar-refractivity contribution in [3.05, 3.63) is 64.7 Å². The highest BCUT2D eigenvalue weighted by atomic mass is 32.2. The molecule has 0 spiro atoms. The molecule has 1 aliphatic heterocycles. The summed E-state index contributed by atoms with van der Waals surface area (Å²) in [6.45, 7) is 3.65. The summed E-state index contributed by atoms with van der Waals surface area (Å²) < 4.78 is 30.8. The van der Waals surface area contributed by atoms with Crippen molar-refractivity contribution in [1.82, 2.24) is 4.98 Å². The lowest BCUT2D eigenvalue weighted by Gasteiger charge is -2.11. The summed E-state index contributed by atoms with van der Waals surface area (Å²) in [7, 11) is -4.22. The fraction of sp³-hybridized carbons (Fsp3) is 0.200. The number of nitrogens with zero attached hydrogens (tertiary/aromatic N) is 3. The monoisotopic (exact) mass is 427 g/mol. The summed E-state index contributed by atoms with van der Waals surface area (Å²) in [5, 5.41) is 4.46. The molecule has 2 heterocycles. The number of pyridine rings is 1.